The fraction of sp³-hybridized carbons (Fsp3) is 0.857. The van der Waals surface area contributed by atoms with Crippen molar-refractivity contribution >= 4 is 5.97 Å². The van der Waals surface area contributed by atoms with Crippen LogP contribution in [-0.4, -0.2) is 36.1 Å². The minimum absolute atomic E-state index is 0.0793. The molecular weight excluding hydrogens is 298 g/mol. The highest BCUT2D eigenvalue weighted by molar-refractivity contribution is 5.75. The van der Waals surface area contributed by atoms with Gasteiger partial charge in [-0.2, -0.15) is 0 Å². The minimum Gasteiger partial charge on any atom is -0.462 e. The summed E-state index contributed by atoms with van der Waals surface area (Å²) in [6, 6.07) is 0.615. The summed E-state index contributed by atoms with van der Waals surface area (Å²) in [4.78, 5) is 15.2. The van der Waals surface area contributed by atoms with Crippen LogP contribution in [0.25, 0.3) is 0 Å². The van der Waals surface area contributed by atoms with Crippen LogP contribution in [0.15, 0.2) is 12.2 Å². The van der Waals surface area contributed by atoms with Crippen molar-refractivity contribution in [3.63, 3.8) is 0 Å². The second-order valence-corrected chi connectivity index (χ2v) is 9.24. The Kier molecular flexibility index (Phi) is 4.27. The highest BCUT2D eigenvalue weighted by atomic mass is 16.6. The van der Waals surface area contributed by atoms with Gasteiger partial charge >= 0.3 is 5.97 Å². The molecule has 0 aromatic heterocycles. The van der Waals surface area contributed by atoms with Gasteiger partial charge in [-0.3, -0.25) is 9.69 Å². The van der Waals surface area contributed by atoms with Gasteiger partial charge in [0.25, 0.3) is 0 Å². The molecule has 0 aromatic rings. The predicted molar refractivity (Wildman–Crippen MR) is 95.6 cm³/mol. The number of allylic oxidation sites excluding steroid dienone is 1. The van der Waals surface area contributed by atoms with Gasteiger partial charge in [-0.15, -0.1) is 0 Å². The Labute approximate surface area is 146 Å². The van der Waals surface area contributed by atoms with Gasteiger partial charge < -0.3 is 4.74 Å². The van der Waals surface area contributed by atoms with Gasteiger partial charge in [-0.1, -0.05) is 25.5 Å². The van der Waals surface area contributed by atoms with E-state index in [1.807, 2.05) is 0 Å². The van der Waals surface area contributed by atoms with Crippen molar-refractivity contribution < 1.29 is 9.53 Å². The van der Waals surface area contributed by atoms with Crippen LogP contribution in [0.2, 0.25) is 0 Å². The monoisotopic (exact) mass is 331 g/mol. The molecule has 4 rings (SSSR count). The highest BCUT2D eigenvalue weighted by Crippen LogP contribution is 2.57. The number of ether oxygens (including phenoxy) is 1. The summed E-state index contributed by atoms with van der Waals surface area (Å²) in [7, 11) is 0. The molecule has 0 aromatic carbocycles. The number of fused-ring (bicyclic) bond motifs is 2. The van der Waals surface area contributed by atoms with Crippen LogP contribution in [-0.2, 0) is 9.53 Å². The Bertz CT molecular complexity index is 530. The second kappa shape index (κ2) is 6.16. The minimum atomic E-state index is 0.0793. The Morgan fingerprint density at radius 2 is 2.17 bits per heavy atom. The lowest BCUT2D eigenvalue weighted by Crippen LogP contribution is -2.47. The Hall–Kier alpha value is -0.830. The van der Waals surface area contributed by atoms with Crippen molar-refractivity contribution in [3.05, 3.63) is 12.2 Å². The van der Waals surface area contributed by atoms with E-state index >= 15 is 0 Å². The smallest absolute Gasteiger partial charge is 0.310 e. The highest BCUT2D eigenvalue weighted by Gasteiger charge is 2.55. The molecule has 0 spiro atoms. The molecule has 4 aliphatic rings. The van der Waals surface area contributed by atoms with Crippen LogP contribution in [0.3, 0.4) is 0 Å². The average molecular weight is 332 g/mol. The van der Waals surface area contributed by atoms with E-state index in [9.17, 15) is 4.79 Å². The first-order valence-corrected chi connectivity index (χ1v) is 10.1. The molecule has 6 atom stereocenters. The van der Waals surface area contributed by atoms with E-state index in [2.05, 4.69) is 25.3 Å². The summed E-state index contributed by atoms with van der Waals surface area (Å²) in [6.45, 7) is 11.2. The molecule has 0 radical (unpaired) electrons. The molecule has 134 valence electrons. The van der Waals surface area contributed by atoms with Crippen molar-refractivity contribution in [2.75, 3.05) is 13.1 Å². The molecule has 2 saturated heterocycles. The molecule has 2 aliphatic carbocycles. The Morgan fingerprint density at radius 1 is 1.33 bits per heavy atom. The largest absolute Gasteiger partial charge is 0.462 e. The second-order valence-electron chi connectivity index (χ2n) is 9.24. The summed E-state index contributed by atoms with van der Waals surface area (Å²) in [5.74, 6) is 1.19. The zero-order valence-corrected chi connectivity index (χ0v) is 15.4. The maximum atomic E-state index is 12.6. The molecule has 2 saturated carbocycles. The van der Waals surface area contributed by atoms with E-state index in [1.165, 1.54) is 44.1 Å². The first-order valence-electron chi connectivity index (χ1n) is 10.1. The van der Waals surface area contributed by atoms with Gasteiger partial charge in [0.05, 0.1) is 5.92 Å². The molecule has 3 heteroatoms. The number of hydrogen-bond acceptors (Lipinski definition) is 3. The summed E-state index contributed by atoms with van der Waals surface area (Å²) in [5, 5.41) is 0. The van der Waals surface area contributed by atoms with Gasteiger partial charge in [0, 0.05) is 18.5 Å². The van der Waals surface area contributed by atoms with Gasteiger partial charge in [0.15, 0.2) is 0 Å². The van der Waals surface area contributed by atoms with Gasteiger partial charge in [-0.25, -0.2) is 0 Å². The molecule has 0 bridgehead atoms. The summed E-state index contributed by atoms with van der Waals surface area (Å²) in [6.07, 6.45) is 9.93. The molecular formula is C21H33NO2. The van der Waals surface area contributed by atoms with Crippen LogP contribution in [0.4, 0.5) is 0 Å². The standard InChI is InChI=1S/C21H33NO2/c1-14-7-6-9-21(3)12-19-16(11-18(14)21)17(20(23)24-19)13-22-10-5-4-8-15(22)2/h15-19H,1,4-13H2,2-3H3. The topological polar surface area (TPSA) is 29.5 Å². The summed E-state index contributed by atoms with van der Waals surface area (Å²) >= 11 is 0. The molecule has 0 N–H and O–H groups in total. The zero-order valence-electron chi connectivity index (χ0n) is 15.4. The third kappa shape index (κ3) is 2.73. The lowest BCUT2D eigenvalue weighted by molar-refractivity contribution is -0.146. The molecule has 2 heterocycles. The number of nitrogens with zero attached hydrogens (tertiary/aromatic N) is 1. The zero-order chi connectivity index (χ0) is 16.9. The number of piperidine rings is 1. The Morgan fingerprint density at radius 3 is 2.96 bits per heavy atom. The van der Waals surface area contributed by atoms with E-state index in [0.29, 0.717) is 23.3 Å². The van der Waals surface area contributed by atoms with Crippen LogP contribution in [0, 0.1) is 23.2 Å². The van der Waals surface area contributed by atoms with Crippen molar-refractivity contribution in [3.8, 4) is 0 Å². The van der Waals surface area contributed by atoms with Crippen molar-refractivity contribution in [1.29, 1.82) is 0 Å². The summed E-state index contributed by atoms with van der Waals surface area (Å²) < 4.78 is 5.91. The SMILES string of the molecule is C=C1CCCC2(C)CC3OC(=O)C(CN4CCCCC4C)C3CC12. The van der Waals surface area contributed by atoms with E-state index in [0.717, 1.165) is 25.9 Å². The number of likely N-dealkylation sites (tertiary alicyclic amines) is 1. The third-order valence-electron chi connectivity index (χ3n) is 7.69. The van der Waals surface area contributed by atoms with E-state index in [-0.39, 0.29) is 18.0 Å². The number of carbonyl (C=O) groups excluding carboxylic acids is 1. The number of rotatable bonds is 2. The quantitative estimate of drug-likeness (QED) is 0.562. The van der Waals surface area contributed by atoms with Crippen molar-refractivity contribution in [2.24, 2.45) is 23.2 Å². The van der Waals surface area contributed by atoms with Crippen LogP contribution in [0.5, 0.6) is 0 Å². The van der Waals surface area contributed by atoms with Crippen LogP contribution in [0.1, 0.15) is 65.2 Å². The average Bonchev–Trinajstić information content (AvgIpc) is 2.82. The van der Waals surface area contributed by atoms with Gasteiger partial charge in [-0.05, 0) is 69.7 Å². The van der Waals surface area contributed by atoms with Crippen LogP contribution >= 0.6 is 0 Å². The molecule has 3 nitrogen and oxygen atoms in total. The van der Waals surface area contributed by atoms with E-state index < -0.39 is 0 Å². The fourth-order valence-corrected chi connectivity index (χ4v) is 6.15. The molecule has 4 fully saturated rings. The molecule has 0 amide bonds. The first-order chi connectivity index (χ1) is 11.5. The van der Waals surface area contributed by atoms with E-state index in [4.69, 9.17) is 4.74 Å². The van der Waals surface area contributed by atoms with E-state index in [1.54, 1.807) is 0 Å². The number of carbonyl (C=O) groups is 1. The molecule has 2 aliphatic heterocycles. The maximum absolute atomic E-state index is 12.6. The van der Waals surface area contributed by atoms with Gasteiger partial charge in [0.2, 0.25) is 0 Å². The normalized spacial score (nSPS) is 46.3. The van der Waals surface area contributed by atoms with Crippen LogP contribution < -0.4 is 0 Å². The maximum Gasteiger partial charge on any atom is 0.310 e. The number of hydrogen-bond donors (Lipinski definition) is 0. The predicted octanol–water partition coefficient (Wildman–Crippen LogP) is 4.18. The fourth-order valence-electron chi connectivity index (χ4n) is 6.15. The lowest BCUT2D eigenvalue weighted by Gasteiger charge is -2.50. The van der Waals surface area contributed by atoms with Crippen molar-refractivity contribution in [1.82, 2.24) is 4.90 Å². The first kappa shape index (κ1) is 16.6. The number of esters is 1. The molecule has 6 unspecified atom stereocenters. The van der Waals surface area contributed by atoms with Crippen molar-refractivity contribution in [2.45, 2.75) is 77.4 Å². The lowest BCUT2D eigenvalue weighted by atomic mass is 9.55. The molecule has 24 heavy (non-hydrogen) atoms. The summed E-state index contributed by atoms with van der Waals surface area (Å²) in [5.41, 5.74) is 1.75. The van der Waals surface area contributed by atoms with Gasteiger partial charge in [0.1, 0.15) is 6.10 Å². The third-order valence-corrected chi connectivity index (χ3v) is 7.69. The Balaban J connectivity index is 1.51.